The van der Waals surface area contributed by atoms with Crippen molar-refractivity contribution in [1.29, 1.82) is 5.41 Å². The van der Waals surface area contributed by atoms with Crippen molar-refractivity contribution >= 4 is 55.9 Å². The molecule has 1 unspecified atom stereocenters. The quantitative estimate of drug-likeness (QED) is 0.299. The van der Waals surface area contributed by atoms with E-state index in [0.717, 1.165) is 15.1 Å². The molecule has 2 aromatic carbocycles. The number of para-hydroxylation sites is 1. The molecule has 0 saturated carbocycles. The molecular formula is C26H24N4O2S2. The normalized spacial score (nSPS) is 14.9. The van der Waals surface area contributed by atoms with Crippen LogP contribution >= 0.6 is 22.7 Å². The van der Waals surface area contributed by atoms with E-state index in [1.165, 1.54) is 11.3 Å². The van der Waals surface area contributed by atoms with Crippen LogP contribution in [0.5, 0.6) is 0 Å². The number of aliphatic hydroxyl groups excluding tert-OH is 1. The molecule has 1 aliphatic rings. The number of amidine groups is 1. The van der Waals surface area contributed by atoms with Crippen molar-refractivity contribution in [3.8, 4) is 0 Å². The van der Waals surface area contributed by atoms with Crippen molar-refractivity contribution in [1.82, 2.24) is 10.3 Å². The Balaban J connectivity index is 1.38. The van der Waals surface area contributed by atoms with Gasteiger partial charge in [0, 0.05) is 16.1 Å². The van der Waals surface area contributed by atoms with Gasteiger partial charge < -0.3 is 15.3 Å². The predicted octanol–water partition coefficient (Wildman–Crippen LogP) is 6.25. The average molecular weight is 489 g/mol. The molecule has 8 heteroatoms. The van der Waals surface area contributed by atoms with Gasteiger partial charge in [-0.15, -0.1) is 22.7 Å². The summed E-state index contributed by atoms with van der Waals surface area (Å²) in [6.45, 7) is 4.34. The number of aliphatic hydroxyl groups is 1. The molecule has 1 atom stereocenters. The Labute approximate surface area is 205 Å². The molecule has 172 valence electrons. The molecule has 1 amide bonds. The zero-order valence-corrected chi connectivity index (χ0v) is 20.4. The minimum absolute atomic E-state index is 0.0717. The number of rotatable bonds is 6. The highest BCUT2D eigenvalue weighted by molar-refractivity contribution is 7.19. The molecule has 0 bridgehead atoms. The molecule has 2 aromatic heterocycles. The van der Waals surface area contributed by atoms with Gasteiger partial charge in [-0.05, 0) is 47.7 Å². The van der Waals surface area contributed by atoms with Gasteiger partial charge in [0.15, 0.2) is 0 Å². The van der Waals surface area contributed by atoms with Crippen molar-refractivity contribution in [3.63, 3.8) is 0 Å². The fraction of sp³-hybridized carbons (Fsp3) is 0.192. The first-order chi connectivity index (χ1) is 16.4. The van der Waals surface area contributed by atoms with Gasteiger partial charge >= 0.3 is 0 Å². The summed E-state index contributed by atoms with van der Waals surface area (Å²) in [5.74, 6) is 0.363. The van der Waals surface area contributed by atoms with Crippen LogP contribution in [0.3, 0.4) is 0 Å². The second kappa shape index (κ2) is 9.04. The second-order valence-electron chi connectivity index (χ2n) is 8.50. The van der Waals surface area contributed by atoms with Crippen molar-refractivity contribution in [2.75, 3.05) is 11.4 Å². The number of fused-ring (bicyclic) bond motifs is 1. The number of carbonyl (C=O) groups is 1. The first-order valence-corrected chi connectivity index (χ1v) is 12.7. The largest absolute Gasteiger partial charge is 0.510 e. The van der Waals surface area contributed by atoms with Gasteiger partial charge in [-0.25, -0.2) is 4.98 Å². The minimum atomic E-state index is -0.164. The Bertz CT molecular complexity index is 1370. The summed E-state index contributed by atoms with van der Waals surface area (Å²) in [7, 11) is 0. The number of nitrogens with one attached hydrogen (secondary N) is 2. The monoisotopic (exact) mass is 488 g/mol. The predicted molar refractivity (Wildman–Crippen MR) is 140 cm³/mol. The highest BCUT2D eigenvalue weighted by atomic mass is 32.1. The van der Waals surface area contributed by atoms with E-state index in [1.54, 1.807) is 34.4 Å². The van der Waals surface area contributed by atoms with E-state index in [9.17, 15) is 9.90 Å². The zero-order valence-electron chi connectivity index (χ0n) is 18.8. The van der Waals surface area contributed by atoms with Crippen molar-refractivity contribution in [2.45, 2.75) is 19.9 Å². The van der Waals surface area contributed by atoms with Crippen LogP contribution in [0.15, 0.2) is 71.8 Å². The highest BCUT2D eigenvalue weighted by Crippen LogP contribution is 2.35. The standard InChI is InChI=1S/C26H24N4O2S2/c1-15(2)23(21-11-6-12-33-21)29-25(32)16-7-5-8-17(13-16)30-14-19(31)22(24(30)27)26-28-18-9-3-4-10-20(18)34-26/h3-13,15,23,27,31H,14H2,1-2H3,(H,29,32). The molecule has 0 fully saturated rings. The number of thiophene rings is 1. The maximum absolute atomic E-state index is 13.1. The average Bonchev–Trinajstić information content (AvgIpc) is 3.56. The smallest absolute Gasteiger partial charge is 0.251 e. The molecule has 34 heavy (non-hydrogen) atoms. The molecule has 4 aromatic rings. The number of benzene rings is 2. The zero-order chi connectivity index (χ0) is 23.8. The van der Waals surface area contributed by atoms with Crippen LogP contribution in [0.2, 0.25) is 0 Å². The van der Waals surface area contributed by atoms with Crippen LogP contribution in [0.25, 0.3) is 15.8 Å². The van der Waals surface area contributed by atoms with Gasteiger partial charge in [-0.3, -0.25) is 10.2 Å². The molecule has 0 aliphatic carbocycles. The van der Waals surface area contributed by atoms with E-state index in [0.29, 0.717) is 21.8 Å². The van der Waals surface area contributed by atoms with Crippen LogP contribution in [0, 0.1) is 11.3 Å². The van der Waals surface area contributed by atoms with E-state index in [2.05, 4.69) is 24.1 Å². The lowest BCUT2D eigenvalue weighted by atomic mass is 10.0. The van der Waals surface area contributed by atoms with Crippen LogP contribution in [-0.2, 0) is 0 Å². The number of anilines is 1. The molecule has 3 N–H and O–H groups in total. The van der Waals surface area contributed by atoms with Gasteiger partial charge in [0.2, 0.25) is 0 Å². The van der Waals surface area contributed by atoms with Crippen molar-refractivity contribution < 1.29 is 9.90 Å². The molecule has 0 radical (unpaired) electrons. The fourth-order valence-corrected chi connectivity index (χ4v) is 6.06. The summed E-state index contributed by atoms with van der Waals surface area (Å²) in [5, 5.41) is 25.3. The van der Waals surface area contributed by atoms with Gasteiger partial charge in [-0.1, -0.05) is 38.1 Å². The lowest BCUT2D eigenvalue weighted by Crippen LogP contribution is -2.31. The lowest BCUT2D eigenvalue weighted by Gasteiger charge is -2.22. The molecule has 0 spiro atoms. The summed E-state index contributed by atoms with van der Waals surface area (Å²) >= 11 is 3.09. The number of carbonyl (C=O) groups excluding carboxylic acids is 1. The van der Waals surface area contributed by atoms with Gasteiger partial charge in [-0.2, -0.15) is 0 Å². The second-order valence-corrected chi connectivity index (χ2v) is 10.5. The molecule has 5 rings (SSSR count). The third kappa shape index (κ3) is 4.10. The highest BCUT2D eigenvalue weighted by Gasteiger charge is 2.32. The first kappa shape index (κ1) is 22.3. The van der Waals surface area contributed by atoms with Crippen LogP contribution in [-0.4, -0.2) is 28.4 Å². The SMILES string of the molecule is CC(C)C(NC(=O)c1cccc(N2CC(O)=C(c3nc4ccccc4s3)C2=N)c1)c1cccs1. The maximum Gasteiger partial charge on any atom is 0.251 e. The number of hydrogen-bond donors (Lipinski definition) is 3. The Kier molecular flexibility index (Phi) is 5.93. The number of aromatic nitrogens is 1. The third-order valence-corrected chi connectivity index (χ3v) is 7.84. The Morgan fingerprint density at radius 1 is 1.15 bits per heavy atom. The summed E-state index contributed by atoms with van der Waals surface area (Å²) < 4.78 is 1.01. The fourth-order valence-electron chi connectivity index (χ4n) is 4.08. The van der Waals surface area contributed by atoms with E-state index in [4.69, 9.17) is 5.41 Å². The topological polar surface area (TPSA) is 89.3 Å². The summed E-state index contributed by atoms with van der Waals surface area (Å²) in [6.07, 6.45) is 0. The van der Waals surface area contributed by atoms with Crippen LogP contribution in [0.1, 0.15) is 40.1 Å². The number of nitrogens with zero attached hydrogens (tertiary/aromatic N) is 2. The Morgan fingerprint density at radius 2 is 1.97 bits per heavy atom. The van der Waals surface area contributed by atoms with Gasteiger partial charge in [0.25, 0.3) is 5.91 Å². The van der Waals surface area contributed by atoms with E-state index in [1.807, 2.05) is 47.8 Å². The lowest BCUT2D eigenvalue weighted by molar-refractivity contribution is 0.0926. The molecule has 3 heterocycles. The van der Waals surface area contributed by atoms with E-state index >= 15 is 0 Å². The van der Waals surface area contributed by atoms with Crippen molar-refractivity contribution in [3.05, 3.63) is 87.3 Å². The Hall–Kier alpha value is -3.49. The summed E-state index contributed by atoms with van der Waals surface area (Å²) in [5.41, 5.74) is 2.48. The summed E-state index contributed by atoms with van der Waals surface area (Å²) in [6, 6.07) is 18.9. The summed E-state index contributed by atoms with van der Waals surface area (Å²) in [4.78, 5) is 20.5. The Morgan fingerprint density at radius 3 is 2.71 bits per heavy atom. The first-order valence-electron chi connectivity index (χ1n) is 11.0. The van der Waals surface area contributed by atoms with E-state index < -0.39 is 0 Å². The van der Waals surface area contributed by atoms with Crippen LogP contribution in [0.4, 0.5) is 5.69 Å². The molecule has 6 nitrogen and oxygen atoms in total. The van der Waals surface area contributed by atoms with Gasteiger partial charge in [0.1, 0.15) is 16.6 Å². The van der Waals surface area contributed by atoms with Crippen LogP contribution < -0.4 is 10.2 Å². The molecule has 0 saturated heterocycles. The van der Waals surface area contributed by atoms with E-state index in [-0.39, 0.29) is 36.0 Å². The number of hydrogen-bond acceptors (Lipinski definition) is 6. The van der Waals surface area contributed by atoms with Crippen molar-refractivity contribution in [2.24, 2.45) is 5.92 Å². The third-order valence-electron chi connectivity index (χ3n) is 5.83. The maximum atomic E-state index is 13.1. The molecular weight excluding hydrogens is 464 g/mol. The number of amides is 1. The van der Waals surface area contributed by atoms with Gasteiger partial charge in [0.05, 0.1) is 28.4 Å². The minimum Gasteiger partial charge on any atom is -0.510 e. The number of thiazole rings is 1. The molecule has 1 aliphatic heterocycles.